The summed E-state index contributed by atoms with van der Waals surface area (Å²) in [4.78, 5) is 13.2. The van der Waals surface area contributed by atoms with Gasteiger partial charge < -0.3 is 9.69 Å². The lowest BCUT2D eigenvalue weighted by Gasteiger charge is -2.18. The van der Waals surface area contributed by atoms with Crippen molar-refractivity contribution < 1.29 is 4.79 Å². The van der Waals surface area contributed by atoms with Gasteiger partial charge in [0.05, 0.1) is 4.99 Å². The lowest BCUT2D eigenvalue weighted by atomic mass is 10.5. The van der Waals surface area contributed by atoms with Crippen molar-refractivity contribution in [2.24, 2.45) is 0 Å². The number of nitrogens with zero attached hydrogens (tertiary/aromatic N) is 1. The van der Waals surface area contributed by atoms with Crippen molar-refractivity contribution in [1.29, 1.82) is 0 Å². The van der Waals surface area contributed by atoms with E-state index in [1.807, 2.05) is 11.8 Å². The van der Waals surface area contributed by atoms with Crippen LogP contribution in [0.3, 0.4) is 0 Å². The van der Waals surface area contributed by atoms with Crippen LogP contribution < -0.4 is 0 Å². The molecule has 1 atom stereocenters. The summed E-state index contributed by atoms with van der Waals surface area (Å²) in [7, 11) is 0. The second kappa shape index (κ2) is 3.34. The SMILES string of the molecule is CC(=S)N1CCSC1C=O. The molecule has 0 aromatic carbocycles. The van der Waals surface area contributed by atoms with Gasteiger partial charge in [0.25, 0.3) is 0 Å². The van der Waals surface area contributed by atoms with Crippen LogP contribution >= 0.6 is 24.0 Å². The predicted octanol–water partition coefficient (Wildman–Crippen LogP) is 0.907. The van der Waals surface area contributed by atoms with Crippen molar-refractivity contribution in [2.75, 3.05) is 12.3 Å². The zero-order valence-electron chi connectivity index (χ0n) is 5.74. The normalized spacial score (nSPS) is 24.9. The highest BCUT2D eigenvalue weighted by Crippen LogP contribution is 2.21. The molecule has 4 heteroatoms. The fraction of sp³-hybridized carbons (Fsp3) is 0.667. The Bertz CT molecular complexity index is 160. The molecule has 1 heterocycles. The Balaban J connectivity index is 2.58. The van der Waals surface area contributed by atoms with Gasteiger partial charge in [0.15, 0.2) is 6.29 Å². The molecule has 0 bridgehead atoms. The largest absolute Gasteiger partial charge is 0.347 e. The summed E-state index contributed by atoms with van der Waals surface area (Å²) in [6, 6.07) is 0. The van der Waals surface area contributed by atoms with Gasteiger partial charge in [-0.2, -0.15) is 0 Å². The molecule has 1 rings (SSSR count). The minimum Gasteiger partial charge on any atom is -0.347 e. The van der Waals surface area contributed by atoms with Crippen LogP contribution in [0, 0.1) is 0 Å². The number of aldehydes is 1. The maximum Gasteiger partial charge on any atom is 0.152 e. The molecular formula is C6H9NOS2. The van der Waals surface area contributed by atoms with Gasteiger partial charge in [0.2, 0.25) is 0 Å². The molecule has 0 N–H and O–H groups in total. The molecule has 1 saturated heterocycles. The third-order valence-electron chi connectivity index (χ3n) is 1.45. The molecule has 56 valence electrons. The quantitative estimate of drug-likeness (QED) is 0.436. The topological polar surface area (TPSA) is 20.3 Å². The molecule has 0 aliphatic carbocycles. The first-order valence-corrected chi connectivity index (χ1v) is 4.55. The second-order valence-corrected chi connectivity index (χ2v) is 3.93. The van der Waals surface area contributed by atoms with Crippen molar-refractivity contribution >= 4 is 35.3 Å². The van der Waals surface area contributed by atoms with E-state index in [1.165, 1.54) is 0 Å². The van der Waals surface area contributed by atoms with E-state index in [0.717, 1.165) is 23.6 Å². The summed E-state index contributed by atoms with van der Waals surface area (Å²) in [6.45, 7) is 2.78. The van der Waals surface area contributed by atoms with Crippen LogP contribution in [-0.2, 0) is 4.79 Å². The van der Waals surface area contributed by atoms with Crippen LogP contribution in [0.15, 0.2) is 0 Å². The molecule has 0 aromatic rings. The summed E-state index contributed by atoms with van der Waals surface area (Å²) in [5, 5.41) is -0.0162. The van der Waals surface area contributed by atoms with Gasteiger partial charge in [0, 0.05) is 12.3 Å². The average Bonchev–Trinajstić information content (AvgIpc) is 2.33. The summed E-state index contributed by atoms with van der Waals surface area (Å²) in [5.74, 6) is 1.01. The monoisotopic (exact) mass is 175 g/mol. The van der Waals surface area contributed by atoms with Crippen molar-refractivity contribution in [3.05, 3.63) is 0 Å². The lowest BCUT2D eigenvalue weighted by Crippen LogP contribution is -2.32. The summed E-state index contributed by atoms with van der Waals surface area (Å²) < 4.78 is 0. The summed E-state index contributed by atoms with van der Waals surface area (Å²) in [5.41, 5.74) is 0. The number of carbonyl (C=O) groups excluding carboxylic acids is 1. The number of carbonyl (C=O) groups is 1. The number of thiocarbonyl (C=S) groups is 1. The number of rotatable bonds is 1. The molecule has 0 aromatic heterocycles. The fourth-order valence-corrected chi connectivity index (χ4v) is 2.28. The van der Waals surface area contributed by atoms with Crippen LogP contribution in [0.4, 0.5) is 0 Å². The van der Waals surface area contributed by atoms with E-state index in [9.17, 15) is 4.79 Å². The minimum atomic E-state index is -0.0162. The molecule has 0 radical (unpaired) electrons. The van der Waals surface area contributed by atoms with Gasteiger partial charge in [-0.05, 0) is 6.92 Å². The smallest absolute Gasteiger partial charge is 0.152 e. The molecule has 1 unspecified atom stereocenters. The van der Waals surface area contributed by atoms with E-state index in [0.29, 0.717) is 0 Å². The van der Waals surface area contributed by atoms with E-state index >= 15 is 0 Å². The molecule has 0 amide bonds. The first kappa shape index (κ1) is 8.01. The Morgan fingerprint density at radius 1 is 1.90 bits per heavy atom. The Morgan fingerprint density at radius 3 is 3.00 bits per heavy atom. The third kappa shape index (κ3) is 1.49. The van der Waals surface area contributed by atoms with Crippen LogP contribution in [0.1, 0.15) is 6.92 Å². The number of thioether (sulfide) groups is 1. The van der Waals surface area contributed by atoms with Crippen molar-refractivity contribution in [2.45, 2.75) is 12.3 Å². The molecule has 1 fully saturated rings. The maximum atomic E-state index is 10.4. The van der Waals surface area contributed by atoms with Crippen LogP contribution in [0.5, 0.6) is 0 Å². The van der Waals surface area contributed by atoms with E-state index in [-0.39, 0.29) is 5.37 Å². The molecule has 10 heavy (non-hydrogen) atoms. The van der Waals surface area contributed by atoms with Gasteiger partial charge >= 0.3 is 0 Å². The van der Waals surface area contributed by atoms with Crippen molar-refractivity contribution in [1.82, 2.24) is 4.90 Å². The van der Waals surface area contributed by atoms with Gasteiger partial charge in [-0.15, -0.1) is 11.8 Å². The molecular weight excluding hydrogens is 166 g/mol. The predicted molar refractivity (Wildman–Crippen MR) is 47.3 cm³/mol. The first-order valence-electron chi connectivity index (χ1n) is 3.10. The van der Waals surface area contributed by atoms with E-state index < -0.39 is 0 Å². The molecule has 1 aliphatic rings. The lowest BCUT2D eigenvalue weighted by molar-refractivity contribution is -0.108. The fourth-order valence-electron chi connectivity index (χ4n) is 0.938. The second-order valence-electron chi connectivity index (χ2n) is 2.11. The Morgan fingerprint density at radius 2 is 2.60 bits per heavy atom. The molecule has 2 nitrogen and oxygen atoms in total. The van der Waals surface area contributed by atoms with Crippen molar-refractivity contribution in [3.63, 3.8) is 0 Å². The Hall–Kier alpha value is -0.0900. The number of hydrogen-bond acceptors (Lipinski definition) is 3. The van der Waals surface area contributed by atoms with Gasteiger partial charge in [-0.25, -0.2) is 0 Å². The van der Waals surface area contributed by atoms with Crippen LogP contribution in [-0.4, -0.2) is 33.8 Å². The van der Waals surface area contributed by atoms with Crippen molar-refractivity contribution in [3.8, 4) is 0 Å². The maximum absolute atomic E-state index is 10.4. The highest BCUT2D eigenvalue weighted by atomic mass is 32.2. The number of hydrogen-bond donors (Lipinski definition) is 0. The standard InChI is InChI=1S/C6H9NOS2/c1-5(9)7-2-3-10-6(7)4-8/h4,6H,2-3H2,1H3. The first-order chi connectivity index (χ1) is 4.75. The molecule has 0 saturated carbocycles. The third-order valence-corrected chi connectivity index (χ3v) is 2.81. The molecule has 0 spiro atoms. The summed E-state index contributed by atoms with van der Waals surface area (Å²) in [6.07, 6.45) is 0.952. The average molecular weight is 175 g/mol. The Labute approximate surface area is 70.0 Å². The zero-order valence-corrected chi connectivity index (χ0v) is 7.37. The van der Waals surface area contributed by atoms with E-state index in [4.69, 9.17) is 12.2 Å². The highest BCUT2D eigenvalue weighted by molar-refractivity contribution is 8.00. The summed E-state index contributed by atoms with van der Waals surface area (Å²) >= 11 is 6.60. The highest BCUT2D eigenvalue weighted by Gasteiger charge is 2.23. The zero-order chi connectivity index (χ0) is 7.56. The van der Waals surface area contributed by atoms with E-state index in [2.05, 4.69) is 0 Å². The van der Waals surface area contributed by atoms with Gasteiger partial charge in [0.1, 0.15) is 5.37 Å². The van der Waals surface area contributed by atoms with Crippen LogP contribution in [0.25, 0.3) is 0 Å². The Kier molecular flexibility index (Phi) is 2.68. The van der Waals surface area contributed by atoms with Crippen LogP contribution in [0.2, 0.25) is 0 Å². The van der Waals surface area contributed by atoms with Gasteiger partial charge in [-0.1, -0.05) is 12.2 Å². The van der Waals surface area contributed by atoms with E-state index in [1.54, 1.807) is 11.8 Å². The molecule has 1 aliphatic heterocycles. The van der Waals surface area contributed by atoms with Gasteiger partial charge in [-0.3, -0.25) is 0 Å². The minimum absolute atomic E-state index is 0.0162.